The van der Waals surface area contributed by atoms with Crippen molar-refractivity contribution in [3.63, 3.8) is 0 Å². The lowest BCUT2D eigenvalue weighted by Gasteiger charge is -2.32. The Hall–Kier alpha value is -1.76. The summed E-state index contributed by atoms with van der Waals surface area (Å²) < 4.78 is 41.0. The molecule has 0 radical (unpaired) electrons. The van der Waals surface area contributed by atoms with E-state index in [0.29, 0.717) is 11.6 Å². The van der Waals surface area contributed by atoms with Crippen LogP contribution >= 0.6 is 0 Å². The lowest BCUT2D eigenvalue weighted by molar-refractivity contribution is -0.274. The fraction of sp³-hybridized carbons (Fsp3) is 0.562. The van der Waals surface area contributed by atoms with Gasteiger partial charge in [0.25, 0.3) is 0 Å². The minimum atomic E-state index is -4.75. The molecule has 1 unspecified atom stereocenters. The molecule has 0 aliphatic carbocycles. The Bertz CT molecular complexity index is 534. The van der Waals surface area contributed by atoms with Crippen LogP contribution in [0.3, 0.4) is 0 Å². The van der Waals surface area contributed by atoms with E-state index in [1.165, 1.54) is 24.6 Å². The summed E-state index contributed by atoms with van der Waals surface area (Å²) in [4.78, 5) is 14.1. The fourth-order valence-electron chi connectivity index (χ4n) is 2.70. The van der Waals surface area contributed by atoms with Crippen LogP contribution in [0.25, 0.3) is 0 Å². The van der Waals surface area contributed by atoms with Crippen LogP contribution in [0, 0.1) is 0 Å². The number of para-hydroxylation sites is 1. The van der Waals surface area contributed by atoms with Crippen LogP contribution in [0.5, 0.6) is 5.75 Å². The largest absolute Gasteiger partial charge is 0.573 e. The molecule has 7 heteroatoms. The molecule has 1 aromatic rings. The molecular weight excluding hydrogens is 309 g/mol. The van der Waals surface area contributed by atoms with Crippen molar-refractivity contribution < 1.29 is 22.7 Å². The molecule has 128 valence electrons. The zero-order chi connectivity index (χ0) is 16.9. The first-order chi connectivity index (χ1) is 10.8. The quantitative estimate of drug-likeness (QED) is 0.902. The molecule has 1 fully saturated rings. The highest BCUT2D eigenvalue weighted by molar-refractivity contribution is 5.78. The van der Waals surface area contributed by atoms with E-state index in [-0.39, 0.29) is 24.7 Å². The van der Waals surface area contributed by atoms with E-state index in [0.717, 1.165) is 19.4 Å². The van der Waals surface area contributed by atoms with Crippen molar-refractivity contribution in [1.82, 2.24) is 10.2 Å². The Morgan fingerprint density at radius 1 is 1.35 bits per heavy atom. The smallest absolute Gasteiger partial charge is 0.405 e. The summed E-state index contributed by atoms with van der Waals surface area (Å²) >= 11 is 0. The Morgan fingerprint density at radius 3 is 2.78 bits per heavy atom. The summed E-state index contributed by atoms with van der Waals surface area (Å²) in [6, 6.07) is 6.17. The number of nitrogens with zero attached hydrogens (tertiary/aromatic N) is 1. The van der Waals surface area contributed by atoms with Gasteiger partial charge in [0.1, 0.15) is 5.75 Å². The number of carbonyl (C=O) groups is 1. The predicted octanol–water partition coefficient (Wildman–Crippen LogP) is 3.08. The second-order valence-electron chi connectivity index (χ2n) is 5.75. The van der Waals surface area contributed by atoms with Gasteiger partial charge in [-0.25, -0.2) is 0 Å². The molecule has 1 aliphatic heterocycles. The SMILES string of the molecule is CC1CCCCN1CC(=O)NCc1ccccc1OC(F)(F)F. The number of hydrogen-bond donors (Lipinski definition) is 1. The van der Waals surface area contributed by atoms with Gasteiger partial charge in [-0.15, -0.1) is 13.2 Å². The van der Waals surface area contributed by atoms with Crippen LogP contribution in [0.4, 0.5) is 13.2 Å². The lowest BCUT2D eigenvalue weighted by atomic mass is 10.0. The number of amides is 1. The third-order valence-electron chi connectivity index (χ3n) is 3.96. The van der Waals surface area contributed by atoms with Crippen LogP contribution in [-0.2, 0) is 11.3 Å². The van der Waals surface area contributed by atoms with Crippen molar-refractivity contribution in [2.24, 2.45) is 0 Å². The number of piperidine rings is 1. The van der Waals surface area contributed by atoms with Gasteiger partial charge in [0, 0.05) is 18.2 Å². The summed E-state index contributed by atoms with van der Waals surface area (Å²) in [6.45, 7) is 3.23. The van der Waals surface area contributed by atoms with Gasteiger partial charge in [0.05, 0.1) is 6.54 Å². The third kappa shape index (κ3) is 5.74. The highest BCUT2D eigenvalue weighted by atomic mass is 19.4. The molecule has 0 saturated carbocycles. The monoisotopic (exact) mass is 330 g/mol. The second kappa shape index (κ2) is 7.68. The van der Waals surface area contributed by atoms with Crippen molar-refractivity contribution >= 4 is 5.91 Å². The van der Waals surface area contributed by atoms with E-state index < -0.39 is 6.36 Å². The average molecular weight is 330 g/mol. The number of ether oxygens (including phenoxy) is 1. The summed E-state index contributed by atoms with van der Waals surface area (Å²) in [6.07, 6.45) is -1.44. The third-order valence-corrected chi connectivity index (χ3v) is 3.96. The minimum absolute atomic E-state index is 0.00725. The fourth-order valence-corrected chi connectivity index (χ4v) is 2.70. The Balaban J connectivity index is 1.89. The van der Waals surface area contributed by atoms with Crippen LogP contribution in [0.1, 0.15) is 31.7 Å². The number of hydrogen-bond acceptors (Lipinski definition) is 3. The van der Waals surface area contributed by atoms with Crippen LogP contribution < -0.4 is 10.1 Å². The normalized spacial score (nSPS) is 19.4. The predicted molar refractivity (Wildman–Crippen MR) is 79.9 cm³/mol. The van der Waals surface area contributed by atoms with Gasteiger partial charge < -0.3 is 10.1 Å². The number of alkyl halides is 3. The van der Waals surface area contributed by atoms with Gasteiger partial charge in [-0.05, 0) is 32.4 Å². The molecule has 1 aromatic carbocycles. The van der Waals surface area contributed by atoms with Crippen molar-refractivity contribution in [3.8, 4) is 5.75 Å². The number of halogens is 3. The molecule has 0 aromatic heterocycles. The summed E-state index contributed by atoms with van der Waals surface area (Å²) in [5, 5.41) is 2.67. The standard InChI is InChI=1S/C16H21F3N2O2/c1-12-6-4-5-9-21(12)11-15(22)20-10-13-7-2-3-8-14(13)23-16(17,18)19/h2-3,7-8,12H,4-6,9-11H2,1H3,(H,20,22). The van der Waals surface area contributed by atoms with Crippen LogP contribution in [-0.4, -0.2) is 36.3 Å². The number of rotatable bonds is 5. The highest BCUT2D eigenvalue weighted by Gasteiger charge is 2.32. The van der Waals surface area contributed by atoms with E-state index in [1.807, 2.05) is 0 Å². The minimum Gasteiger partial charge on any atom is -0.405 e. The van der Waals surface area contributed by atoms with Crippen LogP contribution in [0.15, 0.2) is 24.3 Å². The van der Waals surface area contributed by atoms with E-state index in [9.17, 15) is 18.0 Å². The zero-order valence-corrected chi connectivity index (χ0v) is 13.0. The zero-order valence-electron chi connectivity index (χ0n) is 13.0. The molecule has 0 bridgehead atoms. The molecule has 1 saturated heterocycles. The first-order valence-corrected chi connectivity index (χ1v) is 7.69. The van der Waals surface area contributed by atoms with E-state index in [1.54, 1.807) is 6.07 Å². The number of benzene rings is 1. The van der Waals surface area contributed by atoms with Crippen LogP contribution in [0.2, 0.25) is 0 Å². The maximum atomic E-state index is 12.4. The van der Waals surface area contributed by atoms with Gasteiger partial charge in [-0.3, -0.25) is 9.69 Å². The Kier molecular flexibility index (Phi) is 5.87. The molecule has 4 nitrogen and oxygen atoms in total. The van der Waals surface area contributed by atoms with Crippen molar-refractivity contribution in [2.45, 2.75) is 45.1 Å². The molecule has 1 aliphatic rings. The molecule has 1 atom stereocenters. The average Bonchev–Trinajstić information content (AvgIpc) is 2.47. The Labute approximate surface area is 133 Å². The topological polar surface area (TPSA) is 41.6 Å². The molecule has 1 heterocycles. The molecular formula is C16H21F3N2O2. The first kappa shape index (κ1) is 17.6. The van der Waals surface area contributed by atoms with Crippen molar-refractivity contribution in [2.75, 3.05) is 13.1 Å². The van der Waals surface area contributed by atoms with Gasteiger partial charge in [0.15, 0.2) is 0 Å². The molecule has 23 heavy (non-hydrogen) atoms. The number of carbonyl (C=O) groups excluding carboxylic acids is 1. The maximum absolute atomic E-state index is 12.4. The molecule has 1 amide bonds. The second-order valence-corrected chi connectivity index (χ2v) is 5.75. The number of nitrogens with one attached hydrogen (secondary N) is 1. The summed E-state index contributed by atoms with van der Waals surface area (Å²) in [5.74, 6) is -0.479. The summed E-state index contributed by atoms with van der Waals surface area (Å²) in [7, 11) is 0. The Morgan fingerprint density at radius 2 is 2.09 bits per heavy atom. The van der Waals surface area contributed by atoms with Crippen molar-refractivity contribution in [3.05, 3.63) is 29.8 Å². The lowest BCUT2D eigenvalue weighted by Crippen LogP contribution is -2.44. The maximum Gasteiger partial charge on any atom is 0.573 e. The van der Waals surface area contributed by atoms with Gasteiger partial charge >= 0.3 is 6.36 Å². The molecule has 1 N–H and O–H groups in total. The molecule has 0 spiro atoms. The van der Waals surface area contributed by atoms with E-state index in [2.05, 4.69) is 21.9 Å². The number of likely N-dealkylation sites (tertiary alicyclic amines) is 1. The highest BCUT2D eigenvalue weighted by Crippen LogP contribution is 2.26. The van der Waals surface area contributed by atoms with Gasteiger partial charge in [-0.1, -0.05) is 24.6 Å². The van der Waals surface area contributed by atoms with Gasteiger partial charge in [-0.2, -0.15) is 0 Å². The summed E-state index contributed by atoms with van der Waals surface area (Å²) in [5.41, 5.74) is 0.296. The first-order valence-electron chi connectivity index (χ1n) is 7.69. The van der Waals surface area contributed by atoms with E-state index in [4.69, 9.17) is 0 Å². The van der Waals surface area contributed by atoms with Gasteiger partial charge in [0.2, 0.25) is 5.91 Å². The van der Waals surface area contributed by atoms with Crippen molar-refractivity contribution in [1.29, 1.82) is 0 Å². The van der Waals surface area contributed by atoms with E-state index >= 15 is 0 Å². The molecule has 2 rings (SSSR count).